The fraction of sp³-hybridized carbons (Fsp3) is 0.362. The lowest BCUT2D eigenvalue weighted by atomic mass is 9.98. The number of methoxy groups -OCH3 is 3. The van der Waals surface area contributed by atoms with Gasteiger partial charge in [-0.15, -0.1) is 10.2 Å². The van der Waals surface area contributed by atoms with Gasteiger partial charge in [0.15, 0.2) is 18.4 Å². The Morgan fingerprint density at radius 3 is 1.52 bits per heavy atom. The average Bonchev–Trinajstić information content (AvgIpc) is 4.02. The molecule has 6 aromatic rings. The minimum Gasteiger partial charge on any atom is -0.508 e. The topological polar surface area (TPSA) is 210 Å². The van der Waals surface area contributed by atoms with Crippen molar-refractivity contribution in [2.45, 2.75) is 82.1 Å². The Labute approximate surface area is 375 Å². The molecule has 1 aliphatic heterocycles. The van der Waals surface area contributed by atoms with Gasteiger partial charge < -0.3 is 48.1 Å². The maximum absolute atomic E-state index is 13.0. The Bertz CT molecular complexity index is 2380. The largest absolute Gasteiger partial charge is 0.508 e. The number of phenols is 2. The zero-order valence-electron chi connectivity index (χ0n) is 36.2. The molecule has 1 fully saturated rings. The lowest BCUT2D eigenvalue weighted by Gasteiger charge is -2.45. The van der Waals surface area contributed by atoms with Crippen LogP contribution in [-0.2, 0) is 86.8 Å². The standard InChI is InChI=1S/C47H52N6O12/c1-58-45(56)39(22-31-14-18-37(54)19-15-31)52-24-35(48-50-52)28-63-42-41(30-61-26-33-10-6-4-7-11-33)65-47(60-3)44(62-27-34-12-8-5-9-13-34)43(42)64-29-36-25-53(51-49-36)40(46(57)59-2)23-32-16-20-38(55)21-17-32/h4-21,24-25,39-44,47,54-55H,22-23,26-30H2,1-3H3/t39-,40-,41+,42+,43-,44+,47-/m0/s1. The maximum atomic E-state index is 13.0. The number of phenolic OH excluding ortho intramolecular Hbond substituents is 2. The van der Waals surface area contributed by atoms with E-state index in [2.05, 4.69) is 20.6 Å². The van der Waals surface area contributed by atoms with Crippen LogP contribution in [0.1, 0.15) is 45.7 Å². The molecule has 0 bridgehead atoms. The highest BCUT2D eigenvalue weighted by Crippen LogP contribution is 2.32. The molecule has 0 unspecified atom stereocenters. The van der Waals surface area contributed by atoms with E-state index in [4.69, 9.17) is 37.9 Å². The lowest BCUT2D eigenvalue weighted by molar-refractivity contribution is -0.323. The zero-order valence-corrected chi connectivity index (χ0v) is 36.2. The first kappa shape index (κ1) is 46.5. The van der Waals surface area contributed by atoms with Crippen LogP contribution in [0.2, 0.25) is 0 Å². The van der Waals surface area contributed by atoms with Gasteiger partial charge in [0.05, 0.1) is 59.6 Å². The second kappa shape index (κ2) is 22.9. The number of aromatic hydroxyl groups is 2. The first-order chi connectivity index (χ1) is 31.7. The molecule has 3 heterocycles. The van der Waals surface area contributed by atoms with Crippen LogP contribution >= 0.6 is 0 Å². The number of hydrogen-bond donors (Lipinski definition) is 2. The summed E-state index contributed by atoms with van der Waals surface area (Å²) >= 11 is 0. The molecule has 1 aliphatic rings. The summed E-state index contributed by atoms with van der Waals surface area (Å²) in [7, 11) is 4.12. The summed E-state index contributed by atoms with van der Waals surface area (Å²) in [6.07, 6.45) is -0.626. The Balaban J connectivity index is 1.16. The van der Waals surface area contributed by atoms with Crippen molar-refractivity contribution in [2.24, 2.45) is 0 Å². The average molecular weight is 893 g/mol. The monoisotopic (exact) mass is 892 g/mol. The Hall–Kier alpha value is -6.54. The van der Waals surface area contributed by atoms with Crippen LogP contribution in [-0.4, -0.2) is 111 Å². The molecule has 4 aromatic carbocycles. The van der Waals surface area contributed by atoms with E-state index in [1.165, 1.54) is 30.7 Å². The van der Waals surface area contributed by atoms with E-state index in [1.54, 1.807) is 60.9 Å². The Kier molecular flexibility index (Phi) is 16.4. The summed E-state index contributed by atoms with van der Waals surface area (Å²) in [6, 6.07) is 30.7. The van der Waals surface area contributed by atoms with Crippen molar-refractivity contribution in [3.63, 3.8) is 0 Å². The first-order valence-corrected chi connectivity index (χ1v) is 20.9. The summed E-state index contributed by atoms with van der Waals surface area (Å²) < 4.78 is 51.8. The van der Waals surface area contributed by atoms with Crippen molar-refractivity contribution in [3.8, 4) is 11.5 Å². The molecule has 2 N–H and O–H groups in total. The van der Waals surface area contributed by atoms with Crippen molar-refractivity contribution in [2.75, 3.05) is 27.9 Å². The van der Waals surface area contributed by atoms with E-state index < -0.39 is 54.7 Å². The van der Waals surface area contributed by atoms with E-state index in [0.717, 1.165) is 22.3 Å². The molecule has 18 nitrogen and oxygen atoms in total. The molecule has 0 radical (unpaired) electrons. The summed E-state index contributed by atoms with van der Waals surface area (Å²) in [5.41, 5.74) is 4.21. The molecular formula is C47H52N6O12. The third-order valence-corrected chi connectivity index (χ3v) is 10.8. The molecule has 65 heavy (non-hydrogen) atoms. The summed E-state index contributed by atoms with van der Waals surface area (Å²) in [5, 5.41) is 36.8. The Morgan fingerprint density at radius 2 is 1.05 bits per heavy atom. The number of aromatic nitrogens is 6. The molecule has 0 amide bonds. The van der Waals surface area contributed by atoms with E-state index in [9.17, 15) is 19.8 Å². The number of esters is 2. The van der Waals surface area contributed by atoms with Gasteiger partial charge in [0.2, 0.25) is 0 Å². The number of carbonyl (C=O) groups is 2. The number of carbonyl (C=O) groups excluding carboxylic acids is 2. The number of rotatable bonds is 22. The van der Waals surface area contributed by atoms with Gasteiger partial charge in [0.25, 0.3) is 0 Å². The number of benzene rings is 4. The van der Waals surface area contributed by atoms with E-state index in [-0.39, 0.29) is 50.8 Å². The van der Waals surface area contributed by atoms with Gasteiger partial charge >= 0.3 is 11.9 Å². The molecule has 0 saturated carbocycles. The van der Waals surface area contributed by atoms with Gasteiger partial charge in [-0.25, -0.2) is 19.0 Å². The smallest absolute Gasteiger partial charge is 0.331 e. The molecular weight excluding hydrogens is 841 g/mol. The number of ether oxygens (including phenoxy) is 8. The SMILES string of the molecule is COC(=O)[C@H](Cc1ccc(O)cc1)n1cc(CO[C@@H]2[C@@H](OCc3ccccc3)[C@@H](OC)O[C@H](COCc3ccccc3)[C@H]2OCc2cn([C@@H](Cc3ccc(O)cc3)C(=O)OC)nn2)nn1. The maximum Gasteiger partial charge on any atom is 0.331 e. The van der Waals surface area contributed by atoms with Crippen LogP contribution in [0.15, 0.2) is 122 Å². The van der Waals surface area contributed by atoms with Gasteiger partial charge in [-0.05, 0) is 46.5 Å². The van der Waals surface area contributed by atoms with Gasteiger partial charge in [-0.2, -0.15) is 0 Å². The third kappa shape index (κ3) is 12.6. The predicted octanol–water partition coefficient (Wildman–Crippen LogP) is 4.84. The normalized spacial score (nSPS) is 19.3. The van der Waals surface area contributed by atoms with Gasteiger partial charge in [-0.3, -0.25) is 0 Å². The second-order valence-corrected chi connectivity index (χ2v) is 15.3. The van der Waals surface area contributed by atoms with E-state index in [1.807, 2.05) is 60.7 Å². The fourth-order valence-electron chi connectivity index (χ4n) is 7.38. The first-order valence-electron chi connectivity index (χ1n) is 20.9. The van der Waals surface area contributed by atoms with Crippen molar-refractivity contribution in [3.05, 3.63) is 155 Å². The molecule has 2 aromatic heterocycles. The summed E-state index contributed by atoms with van der Waals surface area (Å²) in [6.45, 7) is 0.375. The lowest BCUT2D eigenvalue weighted by Crippen LogP contribution is -2.61. The van der Waals surface area contributed by atoms with Crippen molar-refractivity contribution < 1.29 is 57.7 Å². The summed E-state index contributed by atoms with van der Waals surface area (Å²) in [5.74, 6) is -0.851. The predicted molar refractivity (Wildman–Crippen MR) is 230 cm³/mol. The molecule has 0 spiro atoms. The molecule has 342 valence electrons. The third-order valence-electron chi connectivity index (χ3n) is 10.8. The highest BCUT2D eigenvalue weighted by atomic mass is 16.7. The number of hydrogen-bond acceptors (Lipinski definition) is 16. The second-order valence-electron chi connectivity index (χ2n) is 15.3. The van der Waals surface area contributed by atoms with E-state index >= 15 is 0 Å². The van der Waals surface area contributed by atoms with E-state index in [0.29, 0.717) is 18.0 Å². The van der Waals surface area contributed by atoms with Gasteiger partial charge in [0.1, 0.15) is 47.3 Å². The van der Waals surface area contributed by atoms with Crippen LogP contribution in [0.5, 0.6) is 11.5 Å². The van der Waals surface area contributed by atoms with Gasteiger partial charge in [-0.1, -0.05) is 95.4 Å². The van der Waals surface area contributed by atoms with Crippen LogP contribution in [0.25, 0.3) is 0 Å². The minimum atomic E-state index is -0.930. The molecule has 7 atom stereocenters. The highest BCUT2D eigenvalue weighted by Gasteiger charge is 2.49. The molecule has 1 saturated heterocycles. The Morgan fingerprint density at radius 1 is 0.585 bits per heavy atom. The van der Waals surface area contributed by atoms with Crippen molar-refractivity contribution in [1.29, 1.82) is 0 Å². The summed E-state index contributed by atoms with van der Waals surface area (Å²) in [4.78, 5) is 26.0. The van der Waals surface area contributed by atoms with Crippen LogP contribution in [0.4, 0.5) is 0 Å². The van der Waals surface area contributed by atoms with Crippen molar-refractivity contribution in [1.82, 2.24) is 30.0 Å². The minimum absolute atomic E-state index is 0.0721. The zero-order chi connectivity index (χ0) is 45.5. The molecule has 0 aliphatic carbocycles. The molecule has 18 heteroatoms. The van der Waals surface area contributed by atoms with Crippen molar-refractivity contribution >= 4 is 11.9 Å². The van der Waals surface area contributed by atoms with Gasteiger partial charge in [0, 0.05) is 20.0 Å². The molecule has 7 rings (SSSR count). The fourth-order valence-corrected chi connectivity index (χ4v) is 7.38. The van der Waals surface area contributed by atoms with Crippen LogP contribution < -0.4 is 0 Å². The quantitative estimate of drug-likeness (QED) is 0.0874. The number of nitrogens with zero attached hydrogens (tertiary/aromatic N) is 6. The van der Waals surface area contributed by atoms with Crippen LogP contribution in [0, 0.1) is 0 Å². The highest BCUT2D eigenvalue weighted by molar-refractivity contribution is 5.74. The van der Waals surface area contributed by atoms with Crippen LogP contribution in [0.3, 0.4) is 0 Å².